The Hall–Kier alpha value is -6.68. The molecule has 13 nitrogen and oxygen atoms in total. The SMILES string of the molecule is C=C(C(=O)OCCOC1CCC(C2CCC(C(=O)OC3=c4nc(N/N=C/c5ccc(CCC)cc5)sc4=C(CCOC(=O)c4ccc(CCC)cc4)C4N=C(/C=C/C=Nc5ccc(C#N)cc5)SC34)CC2)CC1)C(F)(F)F. The number of nitriles is 1. The van der Waals surface area contributed by atoms with Gasteiger partial charge in [0.05, 0.1) is 75.2 Å². The Kier molecular flexibility index (Phi) is 19.9. The minimum absolute atomic E-state index is 0.00421. The molecule has 3 aliphatic carbocycles. The van der Waals surface area contributed by atoms with Crippen LogP contribution in [0.3, 0.4) is 0 Å². The van der Waals surface area contributed by atoms with Crippen molar-refractivity contribution in [3.05, 3.63) is 135 Å². The van der Waals surface area contributed by atoms with Gasteiger partial charge in [0.1, 0.15) is 17.5 Å². The highest BCUT2D eigenvalue weighted by molar-refractivity contribution is 8.15. The molecule has 2 saturated carbocycles. The summed E-state index contributed by atoms with van der Waals surface area (Å²) >= 11 is 2.85. The van der Waals surface area contributed by atoms with E-state index in [0.29, 0.717) is 69.2 Å². The molecule has 404 valence electrons. The number of anilines is 1. The van der Waals surface area contributed by atoms with Crippen molar-refractivity contribution in [2.45, 2.75) is 121 Å². The average molecular weight is 1090 g/mol. The first-order valence-electron chi connectivity index (χ1n) is 26.4. The van der Waals surface area contributed by atoms with Crippen LogP contribution in [0.4, 0.5) is 24.0 Å². The quantitative estimate of drug-likeness (QED) is 0.0198. The van der Waals surface area contributed by atoms with Crippen LogP contribution in [-0.2, 0) is 41.4 Å². The molecule has 2 fully saturated rings. The second-order valence-electron chi connectivity index (χ2n) is 19.6. The van der Waals surface area contributed by atoms with Gasteiger partial charge in [0, 0.05) is 12.6 Å². The first-order valence-corrected chi connectivity index (χ1v) is 28.1. The highest BCUT2D eigenvalue weighted by atomic mass is 32.2. The summed E-state index contributed by atoms with van der Waals surface area (Å²) in [6, 6.07) is 24.3. The summed E-state index contributed by atoms with van der Waals surface area (Å²) in [7, 11) is 0. The van der Waals surface area contributed by atoms with Crippen molar-refractivity contribution in [1.29, 1.82) is 5.26 Å². The van der Waals surface area contributed by atoms with E-state index >= 15 is 0 Å². The number of aromatic nitrogens is 1. The Morgan fingerprint density at radius 2 is 1.51 bits per heavy atom. The van der Waals surface area contributed by atoms with E-state index in [4.69, 9.17) is 28.9 Å². The lowest BCUT2D eigenvalue weighted by Gasteiger charge is -2.37. The maximum absolute atomic E-state index is 14.5. The van der Waals surface area contributed by atoms with E-state index in [2.05, 4.69) is 54.1 Å². The molecule has 0 spiro atoms. The molecule has 18 heteroatoms. The first-order chi connectivity index (χ1) is 37.3. The van der Waals surface area contributed by atoms with Crippen molar-refractivity contribution in [2.24, 2.45) is 32.8 Å². The van der Waals surface area contributed by atoms with Crippen LogP contribution >= 0.6 is 23.1 Å². The molecule has 0 bridgehead atoms. The summed E-state index contributed by atoms with van der Waals surface area (Å²) in [6.07, 6.45) is 13.0. The molecule has 3 aromatic carbocycles. The number of aliphatic imine (C=N–C) groups is 2. The standard InChI is InChI=1S/C59H63F3N6O7S2/c1-4-7-38-10-12-41(13-11-38)36-65-68-58-67-51-52(75-57(71)45-22-20-42(21-23-45)43-24-28-47(29-25-43)72-33-34-74-55(69)37(3)59(60,61)62)54-50(66-49(76-54)9-6-31-64-46-26-16-40(35-63)17-27-46)48(53(51)77-58)30-32-73-56(70)44-18-14-39(8-5-2)15-19-44/h6,9-19,26-27,31,36,42-43,45,47,50,54H,3-5,7-8,20-25,28-30,32-34H2,1-2H3,(H,67,68)/b9-6+,64-31?,65-36+. The van der Waals surface area contributed by atoms with E-state index in [1.807, 2.05) is 30.3 Å². The third kappa shape index (κ3) is 15.3. The zero-order chi connectivity index (χ0) is 54.3. The van der Waals surface area contributed by atoms with Crippen LogP contribution in [0.5, 0.6) is 0 Å². The number of carbonyl (C=O) groups excluding carboxylic acids is 3. The molecule has 4 aliphatic rings. The highest BCUT2D eigenvalue weighted by Crippen LogP contribution is 2.43. The number of esters is 3. The van der Waals surface area contributed by atoms with Crippen LogP contribution in [-0.4, -0.2) is 83.8 Å². The number of halogens is 3. The van der Waals surface area contributed by atoms with E-state index in [0.717, 1.165) is 85.4 Å². The monoisotopic (exact) mass is 1090 g/mol. The van der Waals surface area contributed by atoms with E-state index in [1.54, 1.807) is 54.9 Å². The zero-order valence-corrected chi connectivity index (χ0v) is 44.9. The normalized spacial score (nSPS) is 21.4. The number of aryl methyl sites for hydroxylation is 2. The van der Waals surface area contributed by atoms with Gasteiger partial charge in [0.15, 0.2) is 5.76 Å². The van der Waals surface area contributed by atoms with E-state index in [-0.39, 0.29) is 37.8 Å². The third-order valence-electron chi connectivity index (χ3n) is 14.3. The lowest BCUT2D eigenvalue weighted by atomic mass is 9.70. The Balaban J connectivity index is 0.992. The van der Waals surface area contributed by atoms with Gasteiger partial charge >= 0.3 is 24.1 Å². The van der Waals surface area contributed by atoms with Gasteiger partial charge in [-0.15, -0.1) is 0 Å². The Morgan fingerprint density at radius 1 is 0.844 bits per heavy atom. The molecule has 1 N–H and O–H groups in total. The number of ether oxygens (including phenoxy) is 4. The lowest BCUT2D eigenvalue weighted by Crippen LogP contribution is -2.43. The highest BCUT2D eigenvalue weighted by Gasteiger charge is 2.43. The average Bonchev–Trinajstić information content (AvgIpc) is 4.10. The van der Waals surface area contributed by atoms with Gasteiger partial charge in [0.25, 0.3) is 0 Å². The molecule has 4 aromatic rings. The predicted molar refractivity (Wildman–Crippen MR) is 296 cm³/mol. The fourth-order valence-electron chi connectivity index (χ4n) is 10.2. The summed E-state index contributed by atoms with van der Waals surface area (Å²) in [4.78, 5) is 54.3. The molecule has 1 aromatic heterocycles. The Bertz CT molecular complexity index is 3020. The Labute approximate surface area is 455 Å². The summed E-state index contributed by atoms with van der Waals surface area (Å²) in [5, 5.41) is 15.0. The van der Waals surface area contributed by atoms with Crippen molar-refractivity contribution in [2.75, 3.05) is 25.2 Å². The van der Waals surface area contributed by atoms with Gasteiger partial charge in [-0.3, -0.25) is 20.2 Å². The van der Waals surface area contributed by atoms with Gasteiger partial charge in [0.2, 0.25) is 5.13 Å². The molecule has 77 heavy (non-hydrogen) atoms. The van der Waals surface area contributed by atoms with Crippen LogP contribution in [0.25, 0.3) is 11.3 Å². The molecule has 2 atom stereocenters. The Morgan fingerprint density at radius 3 is 2.16 bits per heavy atom. The van der Waals surface area contributed by atoms with Crippen LogP contribution in [0, 0.1) is 29.1 Å². The van der Waals surface area contributed by atoms with Gasteiger partial charge < -0.3 is 18.9 Å². The first kappa shape index (κ1) is 56.5. The molecular weight excluding hydrogens is 1030 g/mol. The molecule has 0 saturated heterocycles. The summed E-state index contributed by atoms with van der Waals surface area (Å²) in [5.41, 5.74) is 7.51. The number of nitrogens with zero attached hydrogens (tertiary/aromatic N) is 5. The van der Waals surface area contributed by atoms with Crippen molar-refractivity contribution in [1.82, 2.24) is 4.98 Å². The summed E-state index contributed by atoms with van der Waals surface area (Å²) < 4.78 is 62.1. The fourth-order valence-corrected chi connectivity index (χ4v) is 12.4. The molecule has 2 unspecified atom stereocenters. The number of carbonyl (C=O) groups is 3. The second-order valence-corrected chi connectivity index (χ2v) is 21.7. The zero-order valence-electron chi connectivity index (χ0n) is 43.3. The number of nitrogens with one attached hydrogen (secondary N) is 1. The van der Waals surface area contributed by atoms with Crippen molar-refractivity contribution in [3.63, 3.8) is 0 Å². The third-order valence-corrected chi connectivity index (χ3v) is 16.5. The number of hydrazone groups is 1. The van der Waals surface area contributed by atoms with Crippen LogP contribution in [0.1, 0.15) is 117 Å². The second kappa shape index (κ2) is 27.1. The minimum Gasteiger partial charge on any atom is -0.462 e. The maximum atomic E-state index is 14.5. The topological polar surface area (TPSA) is 174 Å². The number of rotatable bonds is 22. The van der Waals surface area contributed by atoms with Crippen molar-refractivity contribution < 1.29 is 46.5 Å². The number of thioether (sulfide) groups is 1. The summed E-state index contributed by atoms with van der Waals surface area (Å²) in [6.45, 7) is 6.84. The minimum atomic E-state index is -4.84. The van der Waals surface area contributed by atoms with Crippen molar-refractivity contribution in [3.8, 4) is 6.07 Å². The van der Waals surface area contributed by atoms with Gasteiger partial charge in [-0.25, -0.2) is 14.6 Å². The van der Waals surface area contributed by atoms with E-state index < -0.39 is 35.0 Å². The number of allylic oxidation sites excluding steroid dienone is 1. The van der Waals surface area contributed by atoms with Crippen LogP contribution in [0.15, 0.2) is 112 Å². The molecular formula is C59H63F3N6O7S2. The molecule has 2 heterocycles. The van der Waals surface area contributed by atoms with Gasteiger partial charge in [-0.1, -0.05) is 92.8 Å². The van der Waals surface area contributed by atoms with Gasteiger partial charge in [-0.05, 0) is 147 Å². The number of thiazole rings is 1. The van der Waals surface area contributed by atoms with E-state index in [1.165, 1.54) is 28.7 Å². The lowest BCUT2D eigenvalue weighted by molar-refractivity contribution is -0.153. The predicted octanol–water partition coefficient (Wildman–Crippen LogP) is 11.3. The number of benzene rings is 3. The van der Waals surface area contributed by atoms with Crippen LogP contribution < -0.4 is 15.3 Å². The maximum Gasteiger partial charge on any atom is 0.422 e. The molecule has 8 rings (SSSR count). The van der Waals surface area contributed by atoms with Gasteiger partial charge in [-0.2, -0.15) is 23.5 Å². The number of hydrogen-bond donors (Lipinski definition) is 1. The van der Waals surface area contributed by atoms with Crippen LogP contribution in [0.2, 0.25) is 0 Å². The molecule has 1 aliphatic heterocycles. The smallest absolute Gasteiger partial charge is 0.422 e. The largest absolute Gasteiger partial charge is 0.462 e. The number of alkyl halides is 3. The molecule has 0 radical (unpaired) electrons. The number of hydrogen-bond acceptors (Lipinski definition) is 15. The summed E-state index contributed by atoms with van der Waals surface area (Å²) in [5.74, 6) is -1.26. The van der Waals surface area contributed by atoms with E-state index in [9.17, 15) is 32.8 Å². The fraction of sp³-hybridized carbons (Fsp3) is 0.424. The molecule has 0 amide bonds. The number of fused-ring (bicyclic) bond motifs is 2. The van der Waals surface area contributed by atoms with Crippen molar-refractivity contribution >= 4 is 80.6 Å².